The molecular formula is C16H14F2O2. The summed E-state index contributed by atoms with van der Waals surface area (Å²) in [6.45, 7) is 0. The number of ether oxygens (including phenoxy) is 1. The van der Waals surface area contributed by atoms with Gasteiger partial charge in [-0.2, -0.15) is 0 Å². The molecule has 0 aliphatic carbocycles. The highest BCUT2D eigenvalue weighted by atomic mass is 19.2. The number of benzene rings is 2. The van der Waals surface area contributed by atoms with Gasteiger partial charge in [0, 0.05) is 5.56 Å². The average molecular weight is 276 g/mol. The van der Waals surface area contributed by atoms with Crippen LogP contribution in [0.3, 0.4) is 0 Å². The number of aryl methyl sites for hydroxylation is 2. The minimum absolute atomic E-state index is 0.192. The van der Waals surface area contributed by atoms with Crippen molar-refractivity contribution in [3.8, 4) is 5.75 Å². The van der Waals surface area contributed by atoms with Gasteiger partial charge in [-0.3, -0.25) is 4.79 Å². The molecule has 104 valence electrons. The minimum atomic E-state index is -1.000. The van der Waals surface area contributed by atoms with Crippen LogP contribution in [0.25, 0.3) is 0 Å². The first kappa shape index (κ1) is 14.2. The molecule has 0 saturated heterocycles. The zero-order valence-electron chi connectivity index (χ0n) is 11.0. The standard InChI is InChI=1S/C16H14F2O2/c1-20-14-6-3-11(4-7-14)2-5-12-8-15(17)16(18)9-13(12)10-19/h3-4,6-10H,2,5H2,1H3. The first-order valence-corrected chi connectivity index (χ1v) is 6.20. The number of carbonyl (C=O) groups is 1. The van der Waals surface area contributed by atoms with E-state index in [1.807, 2.05) is 24.3 Å². The van der Waals surface area contributed by atoms with Crippen LogP contribution in [0.1, 0.15) is 21.5 Å². The van der Waals surface area contributed by atoms with Crippen molar-refractivity contribution >= 4 is 6.29 Å². The molecule has 2 aromatic carbocycles. The van der Waals surface area contributed by atoms with E-state index in [9.17, 15) is 13.6 Å². The minimum Gasteiger partial charge on any atom is -0.497 e. The van der Waals surface area contributed by atoms with Gasteiger partial charge in [0.1, 0.15) is 12.0 Å². The lowest BCUT2D eigenvalue weighted by Gasteiger charge is -2.07. The zero-order valence-corrected chi connectivity index (χ0v) is 11.0. The Labute approximate surface area is 116 Å². The maximum absolute atomic E-state index is 13.2. The number of hydrogen-bond acceptors (Lipinski definition) is 2. The summed E-state index contributed by atoms with van der Waals surface area (Å²) >= 11 is 0. The Kier molecular flexibility index (Phi) is 4.45. The Morgan fingerprint density at radius 2 is 1.70 bits per heavy atom. The summed E-state index contributed by atoms with van der Waals surface area (Å²) in [6.07, 6.45) is 1.65. The predicted molar refractivity (Wildman–Crippen MR) is 72.1 cm³/mol. The van der Waals surface area contributed by atoms with E-state index >= 15 is 0 Å². The van der Waals surface area contributed by atoms with Crippen LogP contribution in [0.15, 0.2) is 36.4 Å². The van der Waals surface area contributed by atoms with E-state index in [1.165, 1.54) is 0 Å². The lowest BCUT2D eigenvalue weighted by atomic mass is 10.00. The topological polar surface area (TPSA) is 26.3 Å². The first-order valence-electron chi connectivity index (χ1n) is 6.20. The molecule has 0 aromatic heterocycles. The molecule has 0 aliphatic heterocycles. The van der Waals surface area contributed by atoms with Gasteiger partial charge in [-0.1, -0.05) is 12.1 Å². The van der Waals surface area contributed by atoms with Gasteiger partial charge in [-0.25, -0.2) is 8.78 Å². The van der Waals surface area contributed by atoms with Crippen molar-refractivity contribution in [2.24, 2.45) is 0 Å². The van der Waals surface area contributed by atoms with Gasteiger partial charge in [0.2, 0.25) is 0 Å². The van der Waals surface area contributed by atoms with Crippen molar-refractivity contribution in [3.63, 3.8) is 0 Å². The molecule has 0 saturated carbocycles. The highest BCUT2D eigenvalue weighted by molar-refractivity contribution is 5.77. The Hall–Kier alpha value is -2.23. The highest BCUT2D eigenvalue weighted by Gasteiger charge is 2.09. The quantitative estimate of drug-likeness (QED) is 0.780. The van der Waals surface area contributed by atoms with E-state index in [-0.39, 0.29) is 5.56 Å². The van der Waals surface area contributed by atoms with Crippen LogP contribution >= 0.6 is 0 Å². The third kappa shape index (κ3) is 3.20. The Morgan fingerprint density at radius 3 is 2.30 bits per heavy atom. The van der Waals surface area contributed by atoms with E-state index in [1.54, 1.807) is 7.11 Å². The lowest BCUT2D eigenvalue weighted by molar-refractivity contribution is 0.112. The molecule has 0 amide bonds. The molecule has 0 fully saturated rings. The average Bonchev–Trinajstić information content (AvgIpc) is 2.48. The molecule has 0 atom stereocenters. The van der Waals surface area contributed by atoms with Gasteiger partial charge in [-0.05, 0) is 48.2 Å². The SMILES string of the molecule is COc1ccc(CCc2cc(F)c(F)cc2C=O)cc1. The number of hydrogen-bond donors (Lipinski definition) is 0. The van der Waals surface area contributed by atoms with E-state index in [2.05, 4.69) is 0 Å². The smallest absolute Gasteiger partial charge is 0.159 e. The highest BCUT2D eigenvalue weighted by Crippen LogP contribution is 2.17. The molecule has 0 aliphatic rings. The molecule has 0 bridgehead atoms. The van der Waals surface area contributed by atoms with Crippen LogP contribution in [-0.4, -0.2) is 13.4 Å². The van der Waals surface area contributed by atoms with E-state index < -0.39 is 11.6 Å². The molecule has 0 spiro atoms. The third-order valence-corrected chi connectivity index (χ3v) is 3.15. The lowest BCUT2D eigenvalue weighted by Crippen LogP contribution is -2.00. The van der Waals surface area contributed by atoms with Crippen LogP contribution < -0.4 is 4.74 Å². The van der Waals surface area contributed by atoms with E-state index in [0.717, 1.165) is 23.4 Å². The summed E-state index contributed by atoms with van der Waals surface area (Å²) in [7, 11) is 1.59. The molecule has 20 heavy (non-hydrogen) atoms. The molecular weight excluding hydrogens is 262 g/mol. The third-order valence-electron chi connectivity index (χ3n) is 3.15. The van der Waals surface area contributed by atoms with Crippen LogP contribution in [0.5, 0.6) is 5.75 Å². The maximum Gasteiger partial charge on any atom is 0.159 e. The molecule has 0 unspecified atom stereocenters. The number of aldehydes is 1. The largest absolute Gasteiger partial charge is 0.497 e. The molecule has 2 nitrogen and oxygen atoms in total. The zero-order chi connectivity index (χ0) is 14.5. The Balaban J connectivity index is 2.13. The monoisotopic (exact) mass is 276 g/mol. The molecule has 4 heteroatoms. The first-order chi connectivity index (χ1) is 9.63. The number of methoxy groups -OCH3 is 1. The van der Waals surface area contributed by atoms with Gasteiger partial charge in [0.05, 0.1) is 7.11 Å². The summed E-state index contributed by atoms with van der Waals surface area (Å²) in [5, 5.41) is 0. The second-order valence-corrected chi connectivity index (χ2v) is 4.43. The number of halogens is 2. The van der Waals surface area contributed by atoms with Crippen molar-refractivity contribution in [1.29, 1.82) is 0 Å². The van der Waals surface area contributed by atoms with Crippen molar-refractivity contribution < 1.29 is 18.3 Å². The van der Waals surface area contributed by atoms with Crippen molar-refractivity contribution in [3.05, 3.63) is 64.7 Å². The Morgan fingerprint density at radius 1 is 1.05 bits per heavy atom. The summed E-state index contributed by atoms with van der Waals surface area (Å²) < 4.78 is 31.3. The van der Waals surface area contributed by atoms with Crippen LogP contribution in [0, 0.1) is 11.6 Å². The maximum atomic E-state index is 13.2. The second kappa shape index (κ2) is 6.28. The van der Waals surface area contributed by atoms with Crippen LogP contribution in [-0.2, 0) is 12.8 Å². The summed E-state index contributed by atoms with van der Waals surface area (Å²) in [4.78, 5) is 10.9. The fraction of sp³-hybridized carbons (Fsp3) is 0.188. The van der Waals surface area contributed by atoms with E-state index in [0.29, 0.717) is 24.7 Å². The predicted octanol–water partition coefficient (Wildman–Crippen LogP) is 3.57. The van der Waals surface area contributed by atoms with Crippen molar-refractivity contribution in [2.45, 2.75) is 12.8 Å². The van der Waals surface area contributed by atoms with Crippen molar-refractivity contribution in [1.82, 2.24) is 0 Å². The number of rotatable bonds is 5. The fourth-order valence-corrected chi connectivity index (χ4v) is 2.00. The van der Waals surface area contributed by atoms with E-state index in [4.69, 9.17) is 4.74 Å². The summed E-state index contributed by atoms with van der Waals surface area (Å²) in [5.41, 5.74) is 1.74. The van der Waals surface area contributed by atoms with Crippen LogP contribution in [0.4, 0.5) is 8.78 Å². The van der Waals surface area contributed by atoms with Crippen molar-refractivity contribution in [2.75, 3.05) is 7.11 Å². The van der Waals surface area contributed by atoms with Gasteiger partial charge < -0.3 is 4.74 Å². The van der Waals surface area contributed by atoms with Gasteiger partial charge in [0.25, 0.3) is 0 Å². The van der Waals surface area contributed by atoms with Crippen LogP contribution in [0.2, 0.25) is 0 Å². The molecule has 0 N–H and O–H groups in total. The molecule has 2 aromatic rings. The molecule has 0 heterocycles. The Bertz CT molecular complexity index is 607. The normalized spacial score (nSPS) is 10.3. The molecule has 2 rings (SSSR count). The molecule has 0 radical (unpaired) electrons. The van der Waals surface area contributed by atoms with Gasteiger partial charge in [0.15, 0.2) is 11.6 Å². The van der Waals surface area contributed by atoms with Gasteiger partial charge >= 0.3 is 0 Å². The van der Waals surface area contributed by atoms with Gasteiger partial charge in [-0.15, -0.1) is 0 Å². The summed E-state index contributed by atoms with van der Waals surface area (Å²) in [6, 6.07) is 9.50. The second-order valence-electron chi connectivity index (χ2n) is 4.43. The fourth-order valence-electron chi connectivity index (χ4n) is 2.00. The number of carbonyl (C=O) groups excluding carboxylic acids is 1. The summed E-state index contributed by atoms with van der Waals surface area (Å²) in [5.74, 6) is -1.17.